The lowest BCUT2D eigenvalue weighted by molar-refractivity contribution is -0.156. The number of carbonyl (C=O) groups excluding carboxylic acids is 2. The van der Waals surface area contributed by atoms with Crippen molar-refractivity contribution in [2.45, 2.75) is 50.2 Å². The minimum Gasteiger partial charge on any atom is -0.460 e. The molecule has 0 radical (unpaired) electrons. The van der Waals surface area contributed by atoms with Gasteiger partial charge in [0.05, 0.1) is 30.4 Å². The first kappa shape index (κ1) is 31.8. The Bertz CT molecular complexity index is 1280. The Labute approximate surface area is 233 Å². The Morgan fingerprint density at radius 1 is 0.805 bits per heavy atom. The molecular formula is C30H29F6NO4. The molecule has 41 heavy (non-hydrogen) atoms. The quantitative estimate of drug-likeness (QED) is 0.188. The van der Waals surface area contributed by atoms with Crippen LogP contribution in [0.25, 0.3) is 0 Å². The predicted octanol–water partition coefficient (Wildman–Crippen LogP) is 6.79. The molecule has 0 spiro atoms. The predicted molar refractivity (Wildman–Crippen MR) is 138 cm³/mol. The van der Waals surface area contributed by atoms with Gasteiger partial charge in [0.15, 0.2) is 0 Å². The van der Waals surface area contributed by atoms with Gasteiger partial charge in [-0.05, 0) is 48.2 Å². The highest BCUT2D eigenvalue weighted by Gasteiger charge is 2.43. The topological polar surface area (TPSA) is 78.6 Å². The fraction of sp³-hybridized carbons (Fsp3) is 0.333. The van der Waals surface area contributed by atoms with Crippen LogP contribution in [0.2, 0.25) is 0 Å². The van der Waals surface area contributed by atoms with Gasteiger partial charge in [-0.2, -0.15) is 26.3 Å². The van der Waals surface area contributed by atoms with Crippen LogP contribution in [0.4, 0.5) is 26.3 Å². The van der Waals surface area contributed by atoms with Gasteiger partial charge in [-0.3, -0.25) is 9.59 Å². The van der Waals surface area contributed by atoms with Crippen molar-refractivity contribution >= 4 is 11.8 Å². The van der Waals surface area contributed by atoms with E-state index in [-0.39, 0.29) is 43.4 Å². The smallest absolute Gasteiger partial charge is 0.416 e. The number of hydrogen-bond donors (Lipinski definition) is 1. The molecule has 0 fully saturated rings. The van der Waals surface area contributed by atoms with Crippen LogP contribution in [0.3, 0.4) is 0 Å². The van der Waals surface area contributed by atoms with Gasteiger partial charge in [-0.1, -0.05) is 60.7 Å². The molecular weight excluding hydrogens is 552 g/mol. The number of ether oxygens (including phenoxy) is 2. The molecule has 2 atom stereocenters. The summed E-state index contributed by atoms with van der Waals surface area (Å²) in [5.74, 6) is -1.13. The van der Waals surface area contributed by atoms with E-state index < -0.39 is 47.6 Å². The number of carbonyl (C=O) groups is 2. The van der Waals surface area contributed by atoms with E-state index in [9.17, 15) is 35.9 Å². The molecule has 0 unspecified atom stereocenters. The van der Waals surface area contributed by atoms with Crippen molar-refractivity contribution in [1.29, 1.82) is 0 Å². The fourth-order valence-corrected chi connectivity index (χ4v) is 4.23. The SMILES string of the molecule is C[C@@H](OC[C@@](CCC(=O)CN)(C(=O)OCc1ccccc1)c1ccccc1)c1cc(C(F)(F)F)cc(C(F)(F)F)c1. The van der Waals surface area contributed by atoms with Crippen LogP contribution in [0.15, 0.2) is 78.9 Å². The van der Waals surface area contributed by atoms with Crippen LogP contribution in [-0.4, -0.2) is 24.9 Å². The Morgan fingerprint density at radius 2 is 1.34 bits per heavy atom. The lowest BCUT2D eigenvalue weighted by atomic mass is 9.76. The molecule has 0 aliphatic rings. The van der Waals surface area contributed by atoms with Gasteiger partial charge in [0.25, 0.3) is 0 Å². The zero-order chi connectivity index (χ0) is 30.3. The number of alkyl halides is 6. The van der Waals surface area contributed by atoms with Gasteiger partial charge in [0, 0.05) is 6.42 Å². The molecule has 3 rings (SSSR count). The summed E-state index contributed by atoms with van der Waals surface area (Å²) in [5.41, 5.74) is 1.57. The van der Waals surface area contributed by atoms with E-state index in [2.05, 4.69) is 0 Å². The Kier molecular flexibility index (Phi) is 10.3. The summed E-state index contributed by atoms with van der Waals surface area (Å²) < 4.78 is 92.0. The molecule has 0 amide bonds. The number of hydrogen-bond acceptors (Lipinski definition) is 5. The van der Waals surface area contributed by atoms with Crippen molar-refractivity contribution in [3.63, 3.8) is 0 Å². The maximum atomic E-state index is 13.7. The number of Topliss-reactive ketones (excluding diaryl/α,β-unsaturated/α-hetero) is 1. The first-order valence-corrected chi connectivity index (χ1v) is 12.7. The van der Waals surface area contributed by atoms with Gasteiger partial charge in [-0.25, -0.2) is 0 Å². The second-order valence-corrected chi connectivity index (χ2v) is 9.55. The number of benzene rings is 3. The monoisotopic (exact) mass is 581 g/mol. The maximum absolute atomic E-state index is 13.7. The Balaban J connectivity index is 1.99. The van der Waals surface area contributed by atoms with E-state index in [0.717, 1.165) is 0 Å². The third kappa shape index (κ3) is 8.40. The molecule has 0 aliphatic carbocycles. The van der Waals surface area contributed by atoms with Gasteiger partial charge >= 0.3 is 18.3 Å². The minimum absolute atomic E-state index is 0.0316. The zero-order valence-corrected chi connectivity index (χ0v) is 22.1. The fourth-order valence-electron chi connectivity index (χ4n) is 4.23. The number of esters is 1. The standard InChI is InChI=1S/C30H29F6NO4/c1-20(22-14-24(29(31,32)33)16-25(15-22)30(34,35)36)41-19-28(13-12-26(38)17-37,23-10-6-3-7-11-23)27(39)40-18-21-8-4-2-5-9-21/h2-11,14-16,20H,12-13,17-19,37H2,1H3/t20-,28-/m1/s1. The second-order valence-electron chi connectivity index (χ2n) is 9.55. The molecule has 0 heterocycles. The van der Waals surface area contributed by atoms with Gasteiger partial charge in [0.1, 0.15) is 17.8 Å². The van der Waals surface area contributed by atoms with Crippen LogP contribution in [0.5, 0.6) is 0 Å². The van der Waals surface area contributed by atoms with Crippen molar-refractivity contribution in [1.82, 2.24) is 0 Å². The zero-order valence-electron chi connectivity index (χ0n) is 22.1. The molecule has 0 aliphatic heterocycles. The summed E-state index contributed by atoms with van der Waals surface area (Å²) in [7, 11) is 0. The van der Waals surface area contributed by atoms with Crippen LogP contribution < -0.4 is 5.73 Å². The lowest BCUT2D eigenvalue weighted by Crippen LogP contribution is -2.43. The number of ketones is 1. The summed E-state index contributed by atoms with van der Waals surface area (Å²) in [4.78, 5) is 25.9. The van der Waals surface area contributed by atoms with Gasteiger partial charge < -0.3 is 15.2 Å². The highest BCUT2D eigenvalue weighted by atomic mass is 19.4. The van der Waals surface area contributed by atoms with E-state index in [4.69, 9.17) is 15.2 Å². The van der Waals surface area contributed by atoms with Crippen LogP contribution >= 0.6 is 0 Å². The van der Waals surface area contributed by atoms with E-state index in [1.807, 2.05) is 0 Å². The molecule has 0 aromatic heterocycles. The molecule has 3 aromatic rings. The van der Waals surface area contributed by atoms with E-state index in [1.54, 1.807) is 60.7 Å². The van der Waals surface area contributed by atoms with Crippen molar-refractivity contribution in [3.05, 3.63) is 107 Å². The molecule has 11 heteroatoms. The third-order valence-corrected chi connectivity index (χ3v) is 6.65. The molecule has 220 valence electrons. The number of halogens is 6. The maximum Gasteiger partial charge on any atom is 0.416 e. The van der Waals surface area contributed by atoms with Crippen LogP contribution in [-0.2, 0) is 43.4 Å². The summed E-state index contributed by atoms with van der Waals surface area (Å²) in [6.45, 7) is 0.385. The highest BCUT2D eigenvalue weighted by Crippen LogP contribution is 2.39. The minimum atomic E-state index is -5.03. The molecule has 5 nitrogen and oxygen atoms in total. The molecule has 0 saturated heterocycles. The first-order valence-electron chi connectivity index (χ1n) is 12.7. The first-order chi connectivity index (χ1) is 19.3. The van der Waals surface area contributed by atoms with Crippen molar-refractivity contribution in [3.8, 4) is 0 Å². The second kappa shape index (κ2) is 13.3. The number of rotatable bonds is 12. The van der Waals surface area contributed by atoms with Gasteiger partial charge in [0.2, 0.25) is 0 Å². The van der Waals surface area contributed by atoms with E-state index in [1.165, 1.54) is 6.92 Å². The normalized spacial score (nSPS) is 14.2. The summed E-state index contributed by atoms with van der Waals surface area (Å²) in [6, 6.07) is 18.1. The molecule has 0 saturated carbocycles. The number of nitrogens with two attached hydrogens (primary N) is 1. The Hall–Kier alpha value is -3.70. The average molecular weight is 582 g/mol. The van der Waals surface area contributed by atoms with Crippen molar-refractivity contribution in [2.24, 2.45) is 5.73 Å². The third-order valence-electron chi connectivity index (χ3n) is 6.65. The average Bonchev–Trinajstić information content (AvgIpc) is 2.95. The largest absolute Gasteiger partial charge is 0.460 e. The summed E-state index contributed by atoms with van der Waals surface area (Å²) in [5, 5.41) is 0. The summed E-state index contributed by atoms with van der Waals surface area (Å²) >= 11 is 0. The molecule has 0 bridgehead atoms. The van der Waals surface area contributed by atoms with Gasteiger partial charge in [-0.15, -0.1) is 0 Å². The Morgan fingerprint density at radius 3 is 1.85 bits per heavy atom. The molecule has 3 aromatic carbocycles. The van der Waals surface area contributed by atoms with Crippen molar-refractivity contribution < 1.29 is 45.4 Å². The van der Waals surface area contributed by atoms with Crippen LogP contribution in [0.1, 0.15) is 53.7 Å². The highest BCUT2D eigenvalue weighted by molar-refractivity contribution is 5.86. The molecule has 2 N–H and O–H groups in total. The lowest BCUT2D eigenvalue weighted by Gasteiger charge is -2.33. The van der Waals surface area contributed by atoms with E-state index >= 15 is 0 Å². The summed E-state index contributed by atoms with van der Waals surface area (Å²) in [6.07, 6.45) is -11.6. The van der Waals surface area contributed by atoms with E-state index in [0.29, 0.717) is 23.3 Å². The van der Waals surface area contributed by atoms with Crippen LogP contribution in [0, 0.1) is 0 Å². The van der Waals surface area contributed by atoms with Crippen molar-refractivity contribution in [2.75, 3.05) is 13.2 Å².